The smallest absolute Gasteiger partial charge is 0.109 e. The third kappa shape index (κ3) is 1.75. The number of epoxide rings is 1. The van der Waals surface area contributed by atoms with E-state index in [1.54, 1.807) is 0 Å². The Morgan fingerprint density at radius 3 is 2.08 bits per heavy atom. The average molecular weight is 176 g/mol. The van der Waals surface area contributed by atoms with E-state index in [9.17, 15) is 0 Å². The number of rotatable bonds is 2. The van der Waals surface area contributed by atoms with Gasteiger partial charge in [0.05, 0.1) is 6.10 Å². The highest BCUT2D eigenvalue weighted by atomic mass is 16.6. The quantitative estimate of drug-likeness (QED) is 0.630. The number of hydrogen-bond donors (Lipinski definition) is 0. The fourth-order valence-corrected chi connectivity index (χ4v) is 1.61. The van der Waals surface area contributed by atoms with E-state index in [4.69, 9.17) is 4.74 Å². The van der Waals surface area contributed by atoms with Crippen LogP contribution >= 0.6 is 0 Å². The van der Waals surface area contributed by atoms with Gasteiger partial charge >= 0.3 is 0 Å². The van der Waals surface area contributed by atoms with Crippen LogP contribution in [0.5, 0.6) is 0 Å². The predicted octanol–water partition coefficient (Wildman–Crippen LogP) is 3.27. The molecule has 1 nitrogen and oxygen atoms in total. The van der Waals surface area contributed by atoms with Crippen LogP contribution in [0.25, 0.3) is 0 Å². The molecule has 13 heavy (non-hydrogen) atoms. The lowest BCUT2D eigenvalue weighted by Crippen LogP contribution is -1.88. The van der Waals surface area contributed by atoms with E-state index in [1.165, 1.54) is 11.1 Å². The van der Waals surface area contributed by atoms with E-state index < -0.39 is 0 Å². The Morgan fingerprint density at radius 1 is 1.15 bits per heavy atom. The maximum Gasteiger partial charge on any atom is 0.109 e. The lowest BCUT2D eigenvalue weighted by Gasteiger charge is -2.05. The molecule has 1 aliphatic rings. The zero-order valence-electron chi connectivity index (χ0n) is 8.45. The molecule has 1 saturated heterocycles. The van der Waals surface area contributed by atoms with Crippen LogP contribution in [0.2, 0.25) is 0 Å². The van der Waals surface area contributed by atoms with Gasteiger partial charge in [-0.1, -0.05) is 38.1 Å². The van der Waals surface area contributed by atoms with E-state index in [2.05, 4.69) is 45.0 Å². The van der Waals surface area contributed by atoms with Crippen molar-refractivity contribution in [2.75, 3.05) is 0 Å². The number of benzene rings is 1. The fourth-order valence-electron chi connectivity index (χ4n) is 1.61. The summed E-state index contributed by atoms with van der Waals surface area (Å²) in [5.41, 5.74) is 2.72. The fraction of sp³-hybridized carbons (Fsp3) is 0.500. The molecular formula is C12H16O. The van der Waals surface area contributed by atoms with Gasteiger partial charge in [0.15, 0.2) is 0 Å². The first-order chi connectivity index (χ1) is 6.18. The Balaban J connectivity index is 2.14. The molecule has 1 aromatic rings. The summed E-state index contributed by atoms with van der Waals surface area (Å²) in [6.45, 7) is 6.54. The second-order valence-corrected chi connectivity index (χ2v) is 4.08. The first kappa shape index (κ1) is 8.76. The summed E-state index contributed by atoms with van der Waals surface area (Å²) >= 11 is 0. The van der Waals surface area contributed by atoms with Gasteiger partial charge in [-0.25, -0.2) is 0 Å². The molecule has 0 aliphatic carbocycles. The van der Waals surface area contributed by atoms with Gasteiger partial charge in [-0.05, 0) is 24.0 Å². The summed E-state index contributed by atoms with van der Waals surface area (Å²) in [6.07, 6.45) is 0.783. The molecule has 0 aromatic heterocycles. The SMILES string of the molecule is CC(C)c1ccc(C2OC2C)cc1. The molecule has 0 radical (unpaired) electrons. The Bertz CT molecular complexity index is 286. The van der Waals surface area contributed by atoms with Gasteiger partial charge in [0.1, 0.15) is 6.10 Å². The second kappa shape index (κ2) is 3.15. The Kier molecular flexibility index (Phi) is 2.12. The molecule has 0 saturated carbocycles. The monoisotopic (exact) mass is 176 g/mol. The molecule has 2 atom stereocenters. The van der Waals surface area contributed by atoms with Crippen LogP contribution in [-0.2, 0) is 4.74 Å². The summed E-state index contributed by atoms with van der Waals surface area (Å²) in [7, 11) is 0. The molecule has 0 spiro atoms. The highest BCUT2D eigenvalue weighted by Gasteiger charge is 2.35. The minimum atomic E-state index is 0.362. The van der Waals surface area contributed by atoms with Gasteiger partial charge in [-0.15, -0.1) is 0 Å². The second-order valence-electron chi connectivity index (χ2n) is 4.08. The largest absolute Gasteiger partial charge is 0.365 e. The lowest BCUT2D eigenvalue weighted by atomic mass is 10.0. The zero-order chi connectivity index (χ0) is 9.42. The minimum Gasteiger partial charge on any atom is -0.365 e. The summed E-state index contributed by atoms with van der Waals surface area (Å²) in [5.74, 6) is 0.617. The molecular weight excluding hydrogens is 160 g/mol. The van der Waals surface area contributed by atoms with E-state index in [-0.39, 0.29) is 0 Å². The molecule has 1 heterocycles. The number of hydrogen-bond acceptors (Lipinski definition) is 1. The third-order valence-electron chi connectivity index (χ3n) is 2.64. The van der Waals surface area contributed by atoms with Crippen LogP contribution in [0.15, 0.2) is 24.3 Å². The van der Waals surface area contributed by atoms with E-state index >= 15 is 0 Å². The van der Waals surface area contributed by atoms with Crippen molar-refractivity contribution >= 4 is 0 Å². The molecule has 0 N–H and O–H groups in total. The van der Waals surface area contributed by atoms with Crippen molar-refractivity contribution in [2.45, 2.75) is 38.9 Å². The highest BCUT2D eigenvalue weighted by molar-refractivity contribution is 5.28. The first-order valence-corrected chi connectivity index (χ1v) is 4.94. The summed E-state index contributed by atoms with van der Waals surface area (Å²) in [4.78, 5) is 0. The molecule has 2 unspecified atom stereocenters. The Labute approximate surface area is 79.7 Å². The summed E-state index contributed by atoms with van der Waals surface area (Å²) < 4.78 is 5.40. The summed E-state index contributed by atoms with van der Waals surface area (Å²) in [5, 5.41) is 0. The standard InChI is InChI=1S/C12H16O/c1-8(2)10-4-6-11(7-5-10)12-9(3)13-12/h4-9,12H,1-3H3. The van der Waals surface area contributed by atoms with E-state index in [0.29, 0.717) is 18.1 Å². The van der Waals surface area contributed by atoms with Crippen molar-refractivity contribution in [3.63, 3.8) is 0 Å². The van der Waals surface area contributed by atoms with E-state index in [1.807, 2.05) is 0 Å². The predicted molar refractivity (Wildman–Crippen MR) is 53.8 cm³/mol. The van der Waals surface area contributed by atoms with Crippen molar-refractivity contribution < 1.29 is 4.74 Å². The van der Waals surface area contributed by atoms with Gasteiger partial charge < -0.3 is 4.74 Å². The van der Waals surface area contributed by atoms with E-state index in [0.717, 1.165) is 0 Å². The van der Waals surface area contributed by atoms with Crippen LogP contribution in [0.4, 0.5) is 0 Å². The van der Waals surface area contributed by atoms with Crippen LogP contribution in [0, 0.1) is 0 Å². The molecule has 0 amide bonds. The molecule has 2 rings (SSSR count). The van der Waals surface area contributed by atoms with Gasteiger partial charge in [-0.3, -0.25) is 0 Å². The molecule has 1 aliphatic heterocycles. The maximum absolute atomic E-state index is 5.40. The van der Waals surface area contributed by atoms with Crippen LogP contribution in [0.1, 0.15) is 43.9 Å². The summed E-state index contributed by atoms with van der Waals surface area (Å²) in [6, 6.07) is 8.77. The molecule has 1 fully saturated rings. The third-order valence-corrected chi connectivity index (χ3v) is 2.64. The van der Waals surface area contributed by atoms with Gasteiger partial charge in [-0.2, -0.15) is 0 Å². The van der Waals surface area contributed by atoms with Crippen molar-refractivity contribution in [1.29, 1.82) is 0 Å². The molecule has 70 valence electrons. The molecule has 1 aromatic carbocycles. The topological polar surface area (TPSA) is 12.5 Å². The van der Waals surface area contributed by atoms with Crippen molar-refractivity contribution in [3.8, 4) is 0 Å². The average Bonchev–Trinajstić information content (AvgIpc) is 2.83. The highest BCUT2D eigenvalue weighted by Crippen LogP contribution is 2.38. The molecule has 0 bridgehead atoms. The number of ether oxygens (including phenoxy) is 1. The Hall–Kier alpha value is -0.820. The molecule has 1 heteroatoms. The zero-order valence-corrected chi connectivity index (χ0v) is 8.45. The van der Waals surface area contributed by atoms with Gasteiger partial charge in [0.2, 0.25) is 0 Å². The minimum absolute atomic E-state index is 0.362. The van der Waals surface area contributed by atoms with Crippen LogP contribution in [0.3, 0.4) is 0 Å². The van der Waals surface area contributed by atoms with Crippen molar-refractivity contribution in [3.05, 3.63) is 35.4 Å². The van der Waals surface area contributed by atoms with Gasteiger partial charge in [0, 0.05) is 0 Å². The Morgan fingerprint density at radius 2 is 1.69 bits per heavy atom. The van der Waals surface area contributed by atoms with Crippen LogP contribution in [-0.4, -0.2) is 6.10 Å². The van der Waals surface area contributed by atoms with Crippen molar-refractivity contribution in [2.24, 2.45) is 0 Å². The van der Waals surface area contributed by atoms with Crippen LogP contribution < -0.4 is 0 Å². The first-order valence-electron chi connectivity index (χ1n) is 4.94. The van der Waals surface area contributed by atoms with Crippen molar-refractivity contribution in [1.82, 2.24) is 0 Å². The lowest BCUT2D eigenvalue weighted by molar-refractivity contribution is 0.383. The van der Waals surface area contributed by atoms with Gasteiger partial charge in [0.25, 0.3) is 0 Å². The normalized spacial score (nSPS) is 26.5. The maximum atomic E-state index is 5.40.